The summed E-state index contributed by atoms with van der Waals surface area (Å²) in [7, 11) is 0. The second-order valence-electron chi connectivity index (χ2n) is 27.7. The number of hydrogen-bond acceptors (Lipinski definition) is 3. The average molecular weight is 1210 g/mol. The molecular weight excluding hydrogens is 1150 g/mol. The van der Waals surface area contributed by atoms with Crippen LogP contribution in [-0.4, -0.2) is 0 Å². The lowest BCUT2D eigenvalue weighted by Crippen LogP contribution is -2.30. The number of anilines is 3. The molecule has 2 heterocycles. The summed E-state index contributed by atoms with van der Waals surface area (Å²) in [6.45, 7) is 9.78. The number of fused-ring (bicyclic) bond motifs is 22. The van der Waals surface area contributed by atoms with Crippen molar-refractivity contribution < 1.29 is 8.83 Å². The van der Waals surface area contributed by atoms with Gasteiger partial charge in [-0.3, -0.25) is 0 Å². The summed E-state index contributed by atoms with van der Waals surface area (Å²) >= 11 is 0. The van der Waals surface area contributed by atoms with Crippen LogP contribution in [0.5, 0.6) is 0 Å². The van der Waals surface area contributed by atoms with Crippen molar-refractivity contribution in [2.24, 2.45) is 0 Å². The van der Waals surface area contributed by atoms with Gasteiger partial charge in [-0.05, 0) is 184 Å². The van der Waals surface area contributed by atoms with Gasteiger partial charge in [0.25, 0.3) is 0 Å². The summed E-state index contributed by atoms with van der Waals surface area (Å²) in [6.07, 6.45) is 0. The molecule has 0 bridgehead atoms. The molecule has 16 aromatic rings. The molecule has 0 saturated heterocycles. The van der Waals surface area contributed by atoms with Gasteiger partial charge in [-0.1, -0.05) is 270 Å². The van der Waals surface area contributed by atoms with Crippen LogP contribution >= 0.6 is 0 Å². The molecule has 2 aromatic heterocycles. The lowest BCUT2D eigenvalue weighted by Gasteiger charge is -2.36. The normalized spacial score (nSPS) is 15.1. The fourth-order valence-electron chi connectivity index (χ4n) is 18.4. The van der Waals surface area contributed by atoms with Gasteiger partial charge in [0.05, 0.1) is 10.8 Å². The molecule has 3 nitrogen and oxygen atoms in total. The van der Waals surface area contributed by atoms with Crippen LogP contribution in [-0.2, 0) is 21.7 Å². The molecule has 3 heteroatoms. The van der Waals surface area contributed by atoms with Crippen LogP contribution in [0.4, 0.5) is 17.1 Å². The Bertz CT molecular complexity index is 5800. The van der Waals surface area contributed by atoms with Gasteiger partial charge in [0.2, 0.25) is 0 Å². The molecule has 448 valence electrons. The molecule has 0 unspecified atom stereocenters. The zero-order chi connectivity index (χ0) is 63.1. The minimum atomic E-state index is -0.775. The first kappa shape index (κ1) is 54.1. The van der Waals surface area contributed by atoms with E-state index in [0.717, 1.165) is 55.6 Å². The molecule has 0 amide bonds. The van der Waals surface area contributed by atoms with Gasteiger partial charge in [-0.25, -0.2) is 0 Å². The van der Waals surface area contributed by atoms with Gasteiger partial charge in [-0.2, -0.15) is 0 Å². The maximum absolute atomic E-state index is 7.20. The average Bonchev–Trinajstić information content (AvgIpc) is 1.51. The van der Waals surface area contributed by atoms with Gasteiger partial charge in [-0.15, -0.1) is 0 Å². The molecule has 0 saturated carbocycles. The summed E-state index contributed by atoms with van der Waals surface area (Å²) in [5, 5.41) is 4.63. The lowest BCUT2D eigenvalue weighted by atomic mass is 9.66. The summed E-state index contributed by atoms with van der Waals surface area (Å²) in [5.41, 5.74) is 32.2. The highest BCUT2D eigenvalue weighted by atomic mass is 16.3. The monoisotopic (exact) mass is 1210 g/mol. The van der Waals surface area contributed by atoms with Crippen LogP contribution in [0.1, 0.15) is 94.5 Å². The third kappa shape index (κ3) is 7.09. The van der Waals surface area contributed by atoms with Crippen LogP contribution in [0.3, 0.4) is 0 Å². The topological polar surface area (TPSA) is 29.5 Å². The van der Waals surface area contributed by atoms with Crippen molar-refractivity contribution in [1.82, 2.24) is 0 Å². The molecule has 0 aliphatic heterocycles. The number of furan rings is 2. The number of para-hydroxylation sites is 2. The molecule has 0 fully saturated rings. The fourth-order valence-corrected chi connectivity index (χ4v) is 18.4. The molecule has 4 aliphatic rings. The van der Waals surface area contributed by atoms with E-state index in [1.807, 2.05) is 0 Å². The molecule has 20 rings (SSSR count). The van der Waals surface area contributed by atoms with Crippen molar-refractivity contribution >= 4 is 60.9 Å². The van der Waals surface area contributed by atoms with E-state index in [0.29, 0.717) is 0 Å². The van der Waals surface area contributed by atoms with Gasteiger partial charge in [0.1, 0.15) is 22.3 Å². The van der Waals surface area contributed by atoms with Gasteiger partial charge in [0.15, 0.2) is 0 Å². The van der Waals surface area contributed by atoms with E-state index in [1.54, 1.807) is 0 Å². The highest BCUT2D eigenvalue weighted by Gasteiger charge is 2.53. The van der Waals surface area contributed by atoms with E-state index in [-0.39, 0.29) is 5.41 Å². The first-order chi connectivity index (χ1) is 46.6. The Morgan fingerprint density at radius 3 is 1.34 bits per heavy atom. The number of hydrogen-bond donors (Lipinski definition) is 0. The van der Waals surface area contributed by atoms with Crippen LogP contribution in [0.15, 0.2) is 318 Å². The Balaban J connectivity index is 0.858. The van der Waals surface area contributed by atoms with E-state index in [9.17, 15) is 0 Å². The molecule has 0 atom stereocenters. The van der Waals surface area contributed by atoms with Gasteiger partial charge >= 0.3 is 0 Å². The second kappa shape index (κ2) is 19.5. The molecule has 14 aromatic carbocycles. The molecular formula is C92H63NO2. The first-order valence-electron chi connectivity index (χ1n) is 33.4. The van der Waals surface area contributed by atoms with Crippen molar-refractivity contribution in [3.8, 4) is 55.6 Å². The second-order valence-corrected chi connectivity index (χ2v) is 27.7. The summed E-state index contributed by atoms with van der Waals surface area (Å²) in [5.74, 6) is 0. The van der Waals surface area contributed by atoms with Gasteiger partial charge in [0, 0.05) is 55.0 Å². The molecule has 4 aliphatic carbocycles. The smallest absolute Gasteiger partial charge is 0.144 e. The standard InChI is InChI=1S/C92H63NO2/c1-89(2)72-39-23-20-36-66(72)83-84-69-38-22-25-41-79(69)95-88(84)85-67-49-47-63(52-74(67)90(3,4)87(85)86(83)89)93(62-44-42-57(43-45-62)56-26-10-5-11-27-56)64-46-48-65-70-54-77-71(55-76(70)92(75(65)53-64,60-32-16-8-17-33-60)61-34-18-9-19-35-61)81-73(50-51-80-82(81)68-37-21-24-40-78(68)94-80)91(77,58-28-12-6-13-29-58)59-30-14-7-15-31-59/h5-55H,1-4H3. The highest BCUT2D eigenvalue weighted by molar-refractivity contribution is 6.21. The third-order valence-electron chi connectivity index (χ3n) is 22.3. The SMILES string of the molecule is CC1(C)c2cc(N(c3ccc(-c4ccccc4)cc3)c3ccc4c(c3)C(c3ccccc3)(c3ccccc3)c3cc5c(cc3-4)C(c3ccccc3)(c3ccccc3)c3ccc4oc6ccccc6c4c3-5)ccc2-c2c1c1c(c3c2oc2ccccc23)-c2ccccc2C1(C)C. The lowest BCUT2D eigenvalue weighted by molar-refractivity contribution is 0.600. The number of benzene rings is 14. The maximum Gasteiger partial charge on any atom is 0.144 e. The minimum Gasteiger partial charge on any atom is -0.456 e. The van der Waals surface area contributed by atoms with Crippen molar-refractivity contribution in [2.45, 2.75) is 49.4 Å². The Morgan fingerprint density at radius 2 is 0.705 bits per heavy atom. The molecule has 0 radical (unpaired) electrons. The molecule has 95 heavy (non-hydrogen) atoms. The number of nitrogens with zero attached hydrogens (tertiary/aromatic N) is 1. The van der Waals surface area contributed by atoms with E-state index in [2.05, 4.69) is 342 Å². The van der Waals surface area contributed by atoms with Crippen molar-refractivity contribution in [3.05, 3.63) is 376 Å². The van der Waals surface area contributed by atoms with E-state index in [1.165, 1.54) is 128 Å². The Kier molecular flexibility index (Phi) is 11.1. The zero-order valence-electron chi connectivity index (χ0n) is 53.2. The summed E-state index contributed by atoms with van der Waals surface area (Å²) in [4.78, 5) is 2.52. The zero-order valence-corrected chi connectivity index (χ0v) is 53.2. The largest absolute Gasteiger partial charge is 0.456 e. The molecule has 0 N–H and O–H groups in total. The third-order valence-corrected chi connectivity index (χ3v) is 22.3. The van der Waals surface area contributed by atoms with Crippen molar-refractivity contribution in [3.63, 3.8) is 0 Å². The summed E-state index contributed by atoms with van der Waals surface area (Å²) < 4.78 is 14.0. The summed E-state index contributed by atoms with van der Waals surface area (Å²) in [6, 6.07) is 116. The van der Waals surface area contributed by atoms with Crippen LogP contribution in [0.2, 0.25) is 0 Å². The number of rotatable bonds is 8. The van der Waals surface area contributed by atoms with E-state index < -0.39 is 16.2 Å². The maximum atomic E-state index is 7.20. The minimum absolute atomic E-state index is 0.267. The Hall–Kier alpha value is -11.5. The van der Waals surface area contributed by atoms with Crippen molar-refractivity contribution in [1.29, 1.82) is 0 Å². The fraction of sp³-hybridized carbons (Fsp3) is 0.0870. The first-order valence-corrected chi connectivity index (χ1v) is 33.4. The van der Waals surface area contributed by atoms with E-state index in [4.69, 9.17) is 8.83 Å². The van der Waals surface area contributed by atoms with Crippen LogP contribution < -0.4 is 4.90 Å². The van der Waals surface area contributed by atoms with Crippen molar-refractivity contribution in [2.75, 3.05) is 4.90 Å². The van der Waals surface area contributed by atoms with E-state index >= 15 is 0 Å². The van der Waals surface area contributed by atoms with Gasteiger partial charge < -0.3 is 13.7 Å². The van der Waals surface area contributed by atoms with Crippen LogP contribution in [0, 0.1) is 0 Å². The predicted molar refractivity (Wildman–Crippen MR) is 391 cm³/mol. The Labute approximate surface area is 552 Å². The quantitative estimate of drug-likeness (QED) is 0.152. The van der Waals surface area contributed by atoms with Crippen LogP contribution in [0.25, 0.3) is 99.5 Å². The Morgan fingerprint density at radius 1 is 0.263 bits per heavy atom. The highest BCUT2D eigenvalue weighted by Crippen LogP contribution is 2.67. The molecule has 0 spiro atoms. The predicted octanol–water partition coefficient (Wildman–Crippen LogP) is 24.0.